The van der Waals surface area contributed by atoms with Gasteiger partial charge in [-0.25, -0.2) is 0 Å². The van der Waals surface area contributed by atoms with Crippen LogP contribution in [0.5, 0.6) is 0 Å². The molecule has 0 heterocycles. The highest BCUT2D eigenvalue weighted by Crippen LogP contribution is 2.23. The maximum atomic E-state index is 11.8. The predicted molar refractivity (Wildman–Crippen MR) is 62.1 cm³/mol. The quantitative estimate of drug-likeness (QED) is 0.547. The van der Waals surface area contributed by atoms with E-state index in [0.29, 0.717) is 6.61 Å². The monoisotopic (exact) mass is 226 g/mol. The van der Waals surface area contributed by atoms with Crippen LogP contribution in [0.3, 0.4) is 0 Å². The number of Topliss-reactive ketones (excluding diaryl/α,β-unsaturated/α-hetero) is 1. The molecule has 0 atom stereocenters. The van der Waals surface area contributed by atoms with Gasteiger partial charge in [-0.15, -0.1) is 0 Å². The summed E-state index contributed by atoms with van der Waals surface area (Å²) in [6.45, 7) is 2.12. The average molecular weight is 226 g/mol. The van der Waals surface area contributed by atoms with Gasteiger partial charge in [-0.3, -0.25) is 9.59 Å². The third-order valence-electron chi connectivity index (χ3n) is 3.18. The largest absolute Gasteiger partial charge is 0.466 e. The Hall–Kier alpha value is -0.860. The molecule has 0 aliphatic heterocycles. The lowest BCUT2D eigenvalue weighted by atomic mass is 9.87. The van der Waals surface area contributed by atoms with Crippen molar-refractivity contribution < 1.29 is 14.3 Å². The Morgan fingerprint density at radius 3 is 2.19 bits per heavy atom. The van der Waals surface area contributed by atoms with E-state index in [-0.39, 0.29) is 24.1 Å². The van der Waals surface area contributed by atoms with Crippen LogP contribution in [0.15, 0.2) is 0 Å². The van der Waals surface area contributed by atoms with Gasteiger partial charge in [-0.1, -0.05) is 32.1 Å². The van der Waals surface area contributed by atoms with Crippen LogP contribution in [-0.2, 0) is 14.3 Å². The van der Waals surface area contributed by atoms with Gasteiger partial charge in [0.05, 0.1) is 6.61 Å². The van der Waals surface area contributed by atoms with E-state index in [4.69, 9.17) is 4.74 Å². The second-order valence-electron chi connectivity index (χ2n) is 4.49. The molecule has 0 aromatic rings. The summed E-state index contributed by atoms with van der Waals surface area (Å²) >= 11 is 0. The molecule has 0 radical (unpaired) electrons. The Bertz CT molecular complexity index is 227. The van der Waals surface area contributed by atoms with E-state index in [1.165, 1.54) is 19.3 Å². The highest BCUT2D eigenvalue weighted by atomic mass is 16.5. The van der Waals surface area contributed by atoms with Gasteiger partial charge in [0.15, 0.2) is 0 Å². The van der Waals surface area contributed by atoms with Crippen molar-refractivity contribution in [3.63, 3.8) is 0 Å². The summed E-state index contributed by atoms with van der Waals surface area (Å²) in [6, 6.07) is 0. The Balaban J connectivity index is 2.35. The van der Waals surface area contributed by atoms with Crippen molar-refractivity contribution >= 4 is 11.8 Å². The van der Waals surface area contributed by atoms with Gasteiger partial charge in [0.25, 0.3) is 0 Å². The fourth-order valence-corrected chi connectivity index (χ4v) is 2.28. The van der Waals surface area contributed by atoms with E-state index in [1.807, 2.05) is 0 Å². The Morgan fingerprint density at radius 1 is 1.06 bits per heavy atom. The molecule has 0 spiro atoms. The maximum Gasteiger partial charge on any atom is 0.313 e. The van der Waals surface area contributed by atoms with Gasteiger partial charge in [-0.2, -0.15) is 0 Å². The molecule has 92 valence electrons. The number of rotatable bonds is 4. The minimum atomic E-state index is -0.366. The standard InChI is InChI=1S/C13H22O3/c1-2-16-13(15)10-12(14)11-8-6-4-3-5-7-9-11/h11H,2-10H2,1H3. The van der Waals surface area contributed by atoms with Crippen molar-refractivity contribution in [3.05, 3.63) is 0 Å². The molecule has 1 aliphatic carbocycles. The first kappa shape index (κ1) is 13.2. The predicted octanol–water partition coefficient (Wildman–Crippen LogP) is 2.87. The molecule has 3 heteroatoms. The second kappa shape index (κ2) is 7.42. The Kier molecular flexibility index (Phi) is 6.12. The number of hydrogen-bond acceptors (Lipinski definition) is 3. The summed E-state index contributed by atoms with van der Waals surface area (Å²) in [5.74, 6) is -0.181. The molecular weight excluding hydrogens is 204 g/mol. The molecule has 0 N–H and O–H groups in total. The minimum Gasteiger partial charge on any atom is -0.466 e. The zero-order valence-corrected chi connectivity index (χ0v) is 10.2. The van der Waals surface area contributed by atoms with Crippen LogP contribution in [0.4, 0.5) is 0 Å². The zero-order valence-electron chi connectivity index (χ0n) is 10.2. The molecule has 0 aromatic heterocycles. The lowest BCUT2D eigenvalue weighted by molar-refractivity contribution is -0.146. The molecule has 0 unspecified atom stereocenters. The molecular formula is C13H22O3. The third kappa shape index (κ3) is 4.77. The van der Waals surface area contributed by atoms with Gasteiger partial charge in [0, 0.05) is 5.92 Å². The number of esters is 1. The van der Waals surface area contributed by atoms with E-state index < -0.39 is 0 Å². The molecule has 1 aliphatic rings. The lowest BCUT2D eigenvalue weighted by Gasteiger charge is -2.17. The SMILES string of the molecule is CCOC(=O)CC(=O)C1CCCCCCC1. The summed E-state index contributed by atoms with van der Waals surface area (Å²) in [7, 11) is 0. The summed E-state index contributed by atoms with van der Waals surface area (Å²) in [5, 5.41) is 0. The summed E-state index contributed by atoms with van der Waals surface area (Å²) < 4.78 is 4.80. The molecule has 1 rings (SSSR count). The van der Waals surface area contributed by atoms with Crippen LogP contribution in [-0.4, -0.2) is 18.4 Å². The second-order valence-corrected chi connectivity index (χ2v) is 4.49. The van der Waals surface area contributed by atoms with Crippen LogP contribution in [0.1, 0.15) is 58.3 Å². The van der Waals surface area contributed by atoms with Crippen molar-refractivity contribution in [2.75, 3.05) is 6.61 Å². The first-order valence-electron chi connectivity index (χ1n) is 6.42. The number of carbonyl (C=O) groups is 2. The summed E-state index contributed by atoms with van der Waals surface area (Å²) in [4.78, 5) is 23.1. The lowest BCUT2D eigenvalue weighted by Crippen LogP contribution is -2.20. The minimum absolute atomic E-state index is 0.0293. The topological polar surface area (TPSA) is 43.4 Å². The zero-order chi connectivity index (χ0) is 11.8. The van der Waals surface area contributed by atoms with E-state index in [9.17, 15) is 9.59 Å². The average Bonchev–Trinajstić information content (AvgIpc) is 2.16. The van der Waals surface area contributed by atoms with Crippen LogP contribution in [0.25, 0.3) is 0 Å². The molecule has 1 fully saturated rings. The number of hydrogen-bond donors (Lipinski definition) is 0. The van der Waals surface area contributed by atoms with Gasteiger partial charge in [0.1, 0.15) is 12.2 Å². The van der Waals surface area contributed by atoms with Gasteiger partial charge >= 0.3 is 5.97 Å². The van der Waals surface area contributed by atoms with E-state index in [2.05, 4.69) is 0 Å². The fraction of sp³-hybridized carbons (Fsp3) is 0.846. The molecule has 16 heavy (non-hydrogen) atoms. The highest BCUT2D eigenvalue weighted by molar-refractivity contribution is 5.96. The van der Waals surface area contributed by atoms with Crippen LogP contribution in [0.2, 0.25) is 0 Å². The van der Waals surface area contributed by atoms with Crippen molar-refractivity contribution in [1.29, 1.82) is 0 Å². The van der Waals surface area contributed by atoms with Crippen molar-refractivity contribution in [2.24, 2.45) is 5.92 Å². The van der Waals surface area contributed by atoms with E-state index in [0.717, 1.165) is 25.7 Å². The van der Waals surface area contributed by atoms with Gasteiger partial charge in [-0.05, 0) is 19.8 Å². The Labute approximate surface area is 97.5 Å². The molecule has 0 aromatic carbocycles. The van der Waals surface area contributed by atoms with Crippen LogP contribution < -0.4 is 0 Å². The first-order valence-corrected chi connectivity index (χ1v) is 6.42. The van der Waals surface area contributed by atoms with Crippen molar-refractivity contribution in [3.8, 4) is 0 Å². The number of carbonyl (C=O) groups excluding carboxylic acids is 2. The molecule has 1 saturated carbocycles. The smallest absolute Gasteiger partial charge is 0.313 e. The third-order valence-corrected chi connectivity index (χ3v) is 3.18. The fourth-order valence-electron chi connectivity index (χ4n) is 2.28. The normalized spacial score (nSPS) is 18.6. The van der Waals surface area contributed by atoms with Gasteiger partial charge < -0.3 is 4.74 Å². The maximum absolute atomic E-state index is 11.8. The highest BCUT2D eigenvalue weighted by Gasteiger charge is 2.21. The van der Waals surface area contributed by atoms with Crippen molar-refractivity contribution in [1.82, 2.24) is 0 Å². The Morgan fingerprint density at radius 2 is 1.62 bits per heavy atom. The molecule has 3 nitrogen and oxygen atoms in total. The van der Waals surface area contributed by atoms with E-state index in [1.54, 1.807) is 6.92 Å². The number of ketones is 1. The first-order chi connectivity index (χ1) is 7.74. The molecule has 0 saturated heterocycles. The van der Waals surface area contributed by atoms with Gasteiger partial charge in [0.2, 0.25) is 0 Å². The molecule has 0 bridgehead atoms. The number of ether oxygens (including phenoxy) is 1. The van der Waals surface area contributed by atoms with Crippen LogP contribution in [0, 0.1) is 5.92 Å². The van der Waals surface area contributed by atoms with Crippen LogP contribution >= 0.6 is 0 Å². The van der Waals surface area contributed by atoms with E-state index >= 15 is 0 Å². The summed E-state index contributed by atoms with van der Waals surface area (Å²) in [6.07, 6.45) is 7.87. The summed E-state index contributed by atoms with van der Waals surface area (Å²) in [5.41, 5.74) is 0. The molecule has 0 amide bonds. The van der Waals surface area contributed by atoms with Crippen molar-refractivity contribution in [2.45, 2.75) is 58.3 Å².